The number of nitrogens with one attached hydrogen (secondary N) is 1. The fourth-order valence-corrected chi connectivity index (χ4v) is 2.25. The van der Waals surface area contributed by atoms with E-state index in [0.717, 1.165) is 13.1 Å². The van der Waals surface area contributed by atoms with Crippen molar-refractivity contribution in [2.75, 3.05) is 27.2 Å². The number of nitrogens with zero attached hydrogens (tertiary/aromatic N) is 2. The molecule has 4 heteroatoms. The highest BCUT2D eigenvalue weighted by molar-refractivity contribution is 5.84. The SMILES string of the molecule is CC(C)C1NC(C(C)C)N(CCN(C)C)C1=O. The number of likely N-dealkylation sites (N-methyl/N-ethyl adjacent to an activating group) is 1. The summed E-state index contributed by atoms with van der Waals surface area (Å²) >= 11 is 0. The van der Waals surface area contributed by atoms with E-state index in [2.05, 4.69) is 37.9 Å². The lowest BCUT2D eigenvalue weighted by Crippen LogP contribution is -2.44. The summed E-state index contributed by atoms with van der Waals surface area (Å²) in [6.45, 7) is 10.3. The minimum atomic E-state index is -0.00966. The summed E-state index contributed by atoms with van der Waals surface area (Å²) in [7, 11) is 4.08. The van der Waals surface area contributed by atoms with Crippen LogP contribution in [0.25, 0.3) is 0 Å². The Balaban J connectivity index is 2.72. The standard InChI is InChI=1S/C13H27N3O/c1-9(2)11-13(17)16(8-7-15(5)6)12(14-11)10(3)4/h9-12,14H,7-8H2,1-6H3. The highest BCUT2D eigenvalue weighted by Crippen LogP contribution is 2.21. The average Bonchev–Trinajstić information content (AvgIpc) is 2.52. The van der Waals surface area contributed by atoms with Gasteiger partial charge in [0.1, 0.15) is 0 Å². The largest absolute Gasteiger partial charge is 0.324 e. The lowest BCUT2D eigenvalue weighted by Gasteiger charge is -2.28. The van der Waals surface area contributed by atoms with E-state index >= 15 is 0 Å². The first-order valence-electron chi connectivity index (χ1n) is 6.55. The van der Waals surface area contributed by atoms with Gasteiger partial charge in [-0.1, -0.05) is 27.7 Å². The van der Waals surface area contributed by atoms with Crippen LogP contribution in [0.5, 0.6) is 0 Å². The number of amides is 1. The van der Waals surface area contributed by atoms with Crippen LogP contribution in [-0.2, 0) is 4.79 Å². The maximum Gasteiger partial charge on any atom is 0.241 e. The van der Waals surface area contributed by atoms with Crippen molar-refractivity contribution in [1.29, 1.82) is 0 Å². The quantitative estimate of drug-likeness (QED) is 0.779. The van der Waals surface area contributed by atoms with Gasteiger partial charge in [-0.3, -0.25) is 10.1 Å². The van der Waals surface area contributed by atoms with Gasteiger partial charge in [0, 0.05) is 13.1 Å². The van der Waals surface area contributed by atoms with E-state index in [1.165, 1.54) is 0 Å². The Morgan fingerprint density at radius 2 is 1.82 bits per heavy atom. The first-order chi connectivity index (χ1) is 7.84. The van der Waals surface area contributed by atoms with Gasteiger partial charge in [0.15, 0.2) is 0 Å². The highest BCUT2D eigenvalue weighted by Gasteiger charge is 2.40. The molecule has 1 fully saturated rings. The van der Waals surface area contributed by atoms with Crippen LogP contribution in [0.15, 0.2) is 0 Å². The molecule has 2 atom stereocenters. The molecule has 1 aliphatic rings. The van der Waals surface area contributed by atoms with E-state index < -0.39 is 0 Å². The molecule has 100 valence electrons. The third-order valence-electron chi connectivity index (χ3n) is 3.32. The molecule has 0 bridgehead atoms. The van der Waals surface area contributed by atoms with Crippen LogP contribution in [0.1, 0.15) is 27.7 Å². The number of rotatable bonds is 5. The van der Waals surface area contributed by atoms with Crippen LogP contribution in [0, 0.1) is 11.8 Å². The van der Waals surface area contributed by atoms with Crippen molar-refractivity contribution in [3.63, 3.8) is 0 Å². The summed E-state index contributed by atoms with van der Waals surface area (Å²) in [6, 6.07) is -0.00966. The minimum Gasteiger partial charge on any atom is -0.324 e. The lowest BCUT2D eigenvalue weighted by molar-refractivity contribution is -0.131. The Labute approximate surface area is 105 Å². The molecule has 0 aromatic rings. The Kier molecular flexibility index (Phi) is 4.95. The molecule has 4 nitrogen and oxygen atoms in total. The molecular formula is C13H27N3O. The maximum atomic E-state index is 12.3. The van der Waals surface area contributed by atoms with Crippen molar-refractivity contribution >= 4 is 5.91 Å². The van der Waals surface area contributed by atoms with Crippen LogP contribution >= 0.6 is 0 Å². The van der Waals surface area contributed by atoms with Crippen molar-refractivity contribution in [1.82, 2.24) is 15.1 Å². The molecule has 1 aliphatic heterocycles. The molecule has 0 saturated carbocycles. The van der Waals surface area contributed by atoms with Crippen molar-refractivity contribution < 1.29 is 4.79 Å². The topological polar surface area (TPSA) is 35.6 Å². The van der Waals surface area contributed by atoms with Crippen molar-refractivity contribution in [3.05, 3.63) is 0 Å². The molecule has 2 unspecified atom stereocenters. The second-order valence-corrected chi connectivity index (χ2v) is 5.91. The van der Waals surface area contributed by atoms with Crippen LogP contribution < -0.4 is 5.32 Å². The number of carbonyl (C=O) groups is 1. The van der Waals surface area contributed by atoms with Gasteiger partial charge >= 0.3 is 0 Å². The summed E-state index contributed by atoms with van der Waals surface area (Å²) < 4.78 is 0. The zero-order valence-corrected chi connectivity index (χ0v) is 12.0. The Bertz CT molecular complexity index is 263. The summed E-state index contributed by atoms with van der Waals surface area (Å²) in [5.41, 5.74) is 0. The van der Waals surface area contributed by atoms with Crippen molar-refractivity contribution in [3.8, 4) is 0 Å². The van der Waals surface area contributed by atoms with E-state index in [1.807, 2.05) is 19.0 Å². The van der Waals surface area contributed by atoms with Crippen molar-refractivity contribution in [2.24, 2.45) is 11.8 Å². The monoisotopic (exact) mass is 241 g/mol. The molecule has 1 saturated heterocycles. The minimum absolute atomic E-state index is 0.00966. The summed E-state index contributed by atoms with van der Waals surface area (Å²) in [4.78, 5) is 16.4. The van der Waals surface area contributed by atoms with Gasteiger partial charge < -0.3 is 9.80 Å². The lowest BCUT2D eigenvalue weighted by atomic mass is 10.1. The average molecular weight is 241 g/mol. The Hall–Kier alpha value is -0.610. The van der Waals surface area contributed by atoms with E-state index in [4.69, 9.17) is 0 Å². The van der Waals surface area contributed by atoms with Gasteiger partial charge in [-0.15, -0.1) is 0 Å². The Morgan fingerprint density at radius 3 is 2.24 bits per heavy atom. The van der Waals surface area contributed by atoms with E-state index in [1.54, 1.807) is 0 Å². The summed E-state index contributed by atoms with van der Waals surface area (Å²) in [6.07, 6.45) is 0.190. The molecule has 1 heterocycles. The smallest absolute Gasteiger partial charge is 0.241 e. The summed E-state index contributed by atoms with van der Waals surface area (Å²) in [5, 5.41) is 3.47. The van der Waals surface area contributed by atoms with Crippen LogP contribution in [0.4, 0.5) is 0 Å². The maximum absolute atomic E-state index is 12.3. The zero-order chi connectivity index (χ0) is 13.2. The number of hydrogen-bond donors (Lipinski definition) is 1. The van der Waals surface area contributed by atoms with Crippen LogP contribution in [0.3, 0.4) is 0 Å². The van der Waals surface area contributed by atoms with E-state index in [9.17, 15) is 4.79 Å². The van der Waals surface area contributed by atoms with Gasteiger partial charge in [0.05, 0.1) is 12.2 Å². The van der Waals surface area contributed by atoms with Crippen LogP contribution in [0.2, 0.25) is 0 Å². The van der Waals surface area contributed by atoms with E-state index in [-0.39, 0.29) is 18.1 Å². The molecule has 0 radical (unpaired) electrons. The molecule has 1 N–H and O–H groups in total. The molecule has 0 aromatic heterocycles. The first kappa shape index (κ1) is 14.5. The zero-order valence-electron chi connectivity index (χ0n) is 12.0. The molecule has 1 rings (SSSR count). The van der Waals surface area contributed by atoms with Gasteiger partial charge in [-0.2, -0.15) is 0 Å². The third-order valence-corrected chi connectivity index (χ3v) is 3.32. The second-order valence-electron chi connectivity index (χ2n) is 5.91. The van der Waals surface area contributed by atoms with Gasteiger partial charge in [-0.05, 0) is 25.9 Å². The fraction of sp³-hybridized carbons (Fsp3) is 0.923. The summed E-state index contributed by atoms with van der Waals surface area (Å²) in [5.74, 6) is 1.07. The van der Waals surface area contributed by atoms with Crippen LogP contribution in [-0.4, -0.2) is 55.1 Å². The molecule has 17 heavy (non-hydrogen) atoms. The van der Waals surface area contributed by atoms with Gasteiger partial charge in [0.2, 0.25) is 5.91 Å². The molecule has 0 aromatic carbocycles. The normalized spacial score (nSPS) is 25.7. The van der Waals surface area contributed by atoms with Crippen molar-refractivity contribution in [2.45, 2.75) is 39.9 Å². The third kappa shape index (κ3) is 3.42. The highest BCUT2D eigenvalue weighted by atomic mass is 16.2. The van der Waals surface area contributed by atoms with E-state index in [0.29, 0.717) is 11.8 Å². The molecule has 0 spiro atoms. The first-order valence-corrected chi connectivity index (χ1v) is 6.55. The number of hydrogen-bond acceptors (Lipinski definition) is 3. The molecule has 0 aliphatic carbocycles. The Morgan fingerprint density at radius 1 is 1.24 bits per heavy atom. The number of carbonyl (C=O) groups excluding carboxylic acids is 1. The predicted octanol–water partition coefficient (Wildman–Crippen LogP) is 0.986. The van der Waals surface area contributed by atoms with Gasteiger partial charge in [0.25, 0.3) is 0 Å². The molecular weight excluding hydrogens is 214 g/mol. The second kappa shape index (κ2) is 5.83. The predicted molar refractivity (Wildman–Crippen MR) is 70.7 cm³/mol. The van der Waals surface area contributed by atoms with Gasteiger partial charge in [-0.25, -0.2) is 0 Å². The fourth-order valence-electron chi connectivity index (χ4n) is 2.25. The molecule has 1 amide bonds.